The fraction of sp³-hybridized carbons (Fsp3) is 0.250. The first-order chi connectivity index (χ1) is 10.0. The monoisotopic (exact) mass is 303 g/mol. The van der Waals surface area contributed by atoms with Gasteiger partial charge in [0.05, 0.1) is 5.02 Å². The minimum atomic E-state index is -1.05. The average molecular weight is 304 g/mol. The fourth-order valence-corrected chi connectivity index (χ4v) is 2.63. The second-order valence-corrected chi connectivity index (χ2v) is 5.55. The molecule has 0 saturated heterocycles. The van der Waals surface area contributed by atoms with E-state index < -0.39 is 5.97 Å². The molecule has 3 rings (SSSR count). The molecule has 0 radical (unpaired) electrons. The van der Waals surface area contributed by atoms with E-state index in [2.05, 4.69) is 4.98 Å². The van der Waals surface area contributed by atoms with Crippen LogP contribution < -0.4 is 4.74 Å². The van der Waals surface area contributed by atoms with Crippen LogP contribution in [0.15, 0.2) is 24.3 Å². The van der Waals surface area contributed by atoms with Crippen molar-refractivity contribution in [3.63, 3.8) is 0 Å². The number of hydrogen-bond donors (Lipinski definition) is 1. The van der Waals surface area contributed by atoms with Gasteiger partial charge in [-0.2, -0.15) is 0 Å². The van der Waals surface area contributed by atoms with Crippen molar-refractivity contribution >= 4 is 17.6 Å². The molecule has 0 amide bonds. The van der Waals surface area contributed by atoms with Gasteiger partial charge in [-0.05, 0) is 55.5 Å². The summed E-state index contributed by atoms with van der Waals surface area (Å²) >= 11 is 6.10. The lowest BCUT2D eigenvalue weighted by molar-refractivity contribution is 0.0693. The van der Waals surface area contributed by atoms with E-state index in [9.17, 15) is 9.90 Å². The van der Waals surface area contributed by atoms with Crippen LogP contribution in [-0.4, -0.2) is 16.1 Å². The molecule has 21 heavy (non-hydrogen) atoms. The maximum Gasteiger partial charge on any atom is 0.341 e. The van der Waals surface area contributed by atoms with Gasteiger partial charge < -0.3 is 9.84 Å². The van der Waals surface area contributed by atoms with Crippen LogP contribution in [-0.2, 0) is 12.8 Å². The van der Waals surface area contributed by atoms with Gasteiger partial charge in [0.2, 0.25) is 5.88 Å². The van der Waals surface area contributed by atoms with Crippen molar-refractivity contribution in [1.29, 1.82) is 0 Å². The van der Waals surface area contributed by atoms with Crippen molar-refractivity contribution in [2.24, 2.45) is 0 Å². The van der Waals surface area contributed by atoms with Gasteiger partial charge in [0.1, 0.15) is 11.3 Å². The van der Waals surface area contributed by atoms with Crippen molar-refractivity contribution in [3.8, 4) is 11.6 Å². The highest BCUT2D eigenvalue weighted by atomic mass is 35.5. The van der Waals surface area contributed by atoms with E-state index in [1.807, 2.05) is 13.0 Å². The number of carboxylic acids is 1. The standard InChI is InChI=1S/C16H14ClNO3/c1-9-5-6-12(17)14(7-9)21-15-11(16(19)20)8-10-3-2-4-13(10)18-15/h5-8H,2-4H2,1H3,(H,19,20). The lowest BCUT2D eigenvalue weighted by Crippen LogP contribution is -2.05. The van der Waals surface area contributed by atoms with Gasteiger partial charge in [-0.1, -0.05) is 17.7 Å². The Kier molecular flexibility index (Phi) is 3.55. The van der Waals surface area contributed by atoms with Crippen molar-refractivity contribution < 1.29 is 14.6 Å². The number of ether oxygens (including phenoxy) is 1. The molecule has 108 valence electrons. The summed E-state index contributed by atoms with van der Waals surface area (Å²) in [6.07, 6.45) is 2.72. The number of aromatic nitrogens is 1. The van der Waals surface area contributed by atoms with Crippen LogP contribution in [0.25, 0.3) is 0 Å². The number of rotatable bonds is 3. The molecular weight excluding hydrogens is 290 g/mol. The lowest BCUT2D eigenvalue weighted by Gasteiger charge is -2.11. The highest BCUT2D eigenvalue weighted by molar-refractivity contribution is 6.32. The summed E-state index contributed by atoms with van der Waals surface area (Å²) in [5.74, 6) is -0.517. The predicted octanol–water partition coefficient (Wildman–Crippen LogP) is 4.02. The van der Waals surface area contributed by atoms with E-state index in [1.165, 1.54) is 0 Å². The number of carboxylic acid groups (broad SMARTS) is 1. The highest BCUT2D eigenvalue weighted by Gasteiger charge is 2.21. The van der Waals surface area contributed by atoms with E-state index in [0.29, 0.717) is 10.8 Å². The van der Waals surface area contributed by atoms with Gasteiger partial charge in [0.15, 0.2) is 0 Å². The molecule has 1 N–H and O–H groups in total. The Morgan fingerprint density at radius 3 is 2.90 bits per heavy atom. The third-order valence-electron chi connectivity index (χ3n) is 3.54. The number of benzene rings is 1. The molecule has 0 fully saturated rings. The van der Waals surface area contributed by atoms with Gasteiger partial charge >= 0.3 is 5.97 Å². The van der Waals surface area contributed by atoms with Crippen molar-refractivity contribution in [1.82, 2.24) is 4.98 Å². The Morgan fingerprint density at radius 1 is 1.33 bits per heavy atom. The molecule has 1 heterocycles. The summed E-state index contributed by atoms with van der Waals surface area (Å²) in [6.45, 7) is 1.91. The van der Waals surface area contributed by atoms with Crippen LogP contribution >= 0.6 is 11.6 Å². The van der Waals surface area contributed by atoms with E-state index >= 15 is 0 Å². The van der Waals surface area contributed by atoms with E-state index in [1.54, 1.807) is 18.2 Å². The van der Waals surface area contributed by atoms with Gasteiger partial charge in [-0.15, -0.1) is 0 Å². The number of halogens is 1. The van der Waals surface area contributed by atoms with Crippen molar-refractivity contribution in [3.05, 3.63) is 51.7 Å². The second-order valence-electron chi connectivity index (χ2n) is 5.14. The number of aryl methyl sites for hydroxylation is 3. The normalized spacial score (nSPS) is 13.0. The summed E-state index contributed by atoms with van der Waals surface area (Å²) < 4.78 is 5.68. The minimum absolute atomic E-state index is 0.0771. The smallest absolute Gasteiger partial charge is 0.341 e. The molecule has 1 aliphatic rings. The first kappa shape index (κ1) is 13.9. The van der Waals surface area contributed by atoms with Crippen LogP contribution in [0.5, 0.6) is 11.6 Å². The summed E-state index contributed by atoms with van der Waals surface area (Å²) in [4.78, 5) is 15.8. The number of fused-ring (bicyclic) bond motifs is 1. The third-order valence-corrected chi connectivity index (χ3v) is 3.85. The number of aromatic carboxylic acids is 1. The van der Waals surface area contributed by atoms with Crippen LogP contribution in [0.3, 0.4) is 0 Å². The van der Waals surface area contributed by atoms with Crippen molar-refractivity contribution in [2.45, 2.75) is 26.2 Å². The van der Waals surface area contributed by atoms with Gasteiger partial charge in [0.25, 0.3) is 0 Å². The number of hydrogen-bond acceptors (Lipinski definition) is 3. The highest BCUT2D eigenvalue weighted by Crippen LogP contribution is 2.33. The Labute approximate surface area is 127 Å². The maximum absolute atomic E-state index is 11.4. The first-order valence-corrected chi connectivity index (χ1v) is 7.12. The molecule has 1 aliphatic carbocycles. The van der Waals surface area contributed by atoms with Crippen LogP contribution in [0, 0.1) is 6.92 Å². The fourth-order valence-electron chi connectivity index (χ4n) is 2.48. The molecule has 1 aromatic carbocycles. The quantitative estimate of drug-likeness (QED) is 0.930. The van der Waals surface area contributed by atoms with E-state index in [4.69, 9.17) is 16.3 Å². The Bertz CT molecular complexity index is 728. The molecule has 0 unspecified atom stereocenters. The Hall–Kier alpha value is -2.07. The molecule has 4 nitrogen and oxygen atoms in total. The van der Waals surface area contributed by atoms with Gasteiger partial charge in [-0.25, -0.2) is 9.78 Å². The van der Waals surface area contributed by atoms with Crippen LogP contribution in [0.2, 0.25) is 5.02 Å². The molecule has 0 spiro atoms. The van der Waals surface area contributed by atoms with Gasteiger partial charge in [0, 0.05) is 5.69 Å². The molecule has 1 aromatic heterocycles. The topological polar surface area (TPSA) is 59.4 Å². The number of carbonyl (C=O) groups is 1. The Morgan fingerprint density at radius 2 is 2.14 bits per heavy atom. The zero-order valence-corrected chi connectivity index (χ0v) is 12.3. The van der Waals surface area contributed by atoms with E-state index in [0.717, 1.165) is 36.1 Å². The molecule has 0 aliphatic heterocycles. The molecule has 0 bridgehead atoms. The summed E-state index contributed by atoms with van der Waals surface area (Å²) in [6, 6.07) is 7.02. The molecule has 5 heteroatoms. The predicted molar refractivity (Wildman–Crippen MR) is 79.5 cm³/mol. The molecule has 2 aromatic rings. The summed E-state index contributed by atoms with van der Waals surface area (Å²) in [5.41, 5.74) is 2.97. The minimum Gasteiger partial charge on any atom is -0.477 e. The Balaban J connectivity index is 2.05. The average Bonchev–Trinajstić information content (AvgIpc) is 2.89. The maximum atomic E-state index is 11.4. The first-order valence-electron chi connectivity index (χ1n) is 6.74. The molecule has 0 saturated carbocycles. The number of pyridine rings is 1. The zero-order valence-electron chi connectivity index (χ0n) is 11.5. The van der Waals surface area contributed by atoms with Crippen LogP contribution in [0.1, 0.15) is 33.6 Å². The summed E-state index contributed by atoms with van der Waals surface area (Å²) in [7, 11) is 0. The molecule has 0 atom stereocenters. The number of nitrogens with zero attached hydrogens (tertiary/aromatic N) is 1. The largest absolute Gasteiger partial charge is 0.477 e. The van der Waals surface area contributed by atoms with E-state index in [-0.39, 0.29) is 11.4 Å². The molecular formula is C16H14ClNO3. The third kappa shape index (κ3) is 2.72. The van der Waals surface area contributed by atoms with Gasteiger partial charge in [-0.3, -0.25) is 0 Å². The van der Waals surface area contributed by atoms with Crippen LogP contribution in [0.4, 0.5) is 0 Å². The summed E-state index contributed by atoms with van der Waals surface area (Å²) in [5, 5.41) is 9.78. The SMILES string of the molecule is Cc1ccc(Cl)c(Oc2nc3c(cc2C(=O)O)CCC3)c1. The lowest BCUT2D eigenvalue weighted by atomic mass is 10.1. The zero-order chi connectivity index (χ0) is 15.0. The second kappa shape index (κ2) is 5.37. The van der Waals surface area contributed by atoms with Crippen molar-refractivity contribution in [2.75, 3.05) is 0 Å².